The summed E-state index contributed by atoms with van der Waals surface area (Å²) in [7, 11) is 0. The van der Waals surface area contributed by atoms with Crippen molar-refractivity contribution in [3.05, 3.63) is 42.5 Å². The molecule has 0 bridgehead atoms. The van der Waals surface area contributed by atoms with Crippen molar-refractivity contribution in [3.63, 3.8) is 0 Å². The molecule has 0 heterocycles. The van der Waals surface area contributed by atoms with Crippen LogP contribution in [0.1, 0.15) is 26.7 Å². The van der Waals surface area contributed by atoms with Gasteiger partial charge in [0.05, 0.1) is 6.07 Å². The fraction of sp³-hybridized carbons (Fsp3) is 0.389. The van der Waals surface area contributed by atoms with Gasteiger partial charge < -0.3 is 0 Å². The highest BCUT2D eigenvalue weighted by Crippen LogP contribution is 2.25. The molecule has 1 atom stereocenters. The molecule has 2 nitrogen and oxygen atoms in total. The summed E-state index contributed by atoms with van der Waals surface area (Å²) in [6.07, 6.45) is 1.90. The van der Waals surface area contributed by atoms with Crippen LogP contribution < -0.4 is 5.32 Å². The zero-order chi connectivity index (χ0) is 15.1. The van der Waals surface area contributed by atoms with Crippen LogP contribution in [-0.2, 0) is 0 Å². The molecular weight excluding hydrogens is 276 g/mol. The zero-order valence-electron chi connectivity index (χ0n) is 12.7. The molecule has 0 saturated heterocycles. The van der Waals surface area contributed by atoms with Gasteiger partial charge in [-0.05, 0) is 49.2 Å². The Balaban J connectivity index is 1.94. The molecule has 3 heteroatoms. The summed E-state index contributed by atoms with van der Waals surface area (Å²) in [5, 5.41) is 15.2. The molecule has 2 aromatic carbocycles. The maximum absolute atomic E-state index is 9.33. The molecule has 0 fully saturated rings. The van der Waals surface area contributed by atoms with E-state index in [0.29, 0.717) is 0 Å². The lowest BCUT2D eigenvalue weighted by atomic mass is 10.0. The van der Waals surface area contributed by atoms with E-state index in [1.807, 2.05) is 18.7 Å². The SMILES string of the molecule is CCCNC(C)(C#N)CCSc1ccc2ccccc2c1. The number of hydrogen-bond donors (Lipinski definition) is 1. The van der Waals surface area contributed by atoms with Crippen LogP contribution in [0.3, 0.4) is 0 Å². The third-order valence-electron chi connectivity index (χ3n) is 3.60. The number of nitrogens with zero attached hydrogens (tertiary/aromatic N) is 1. The van der Waals surface area contributed by atoms with E-state index >= 15 is 0 Å². The lowest BCUT2D eigenvalue weighted by molar-refractivity contribution is 0.437. The molecule has 1 N–H and O–H groups in total. The van der Waals surface area contributed by atoms with Crippen LogP contribution in [0, 0.1) is 11.3 Å². The highest BCUT2D eigenvalue weighted by atomic mass is 32.2. The van der Waals surface area contributed by atoms with Gasteiger partial charge in [-0.15, -0.1) is 11.8 Å². The lowest BCUT2D eigenvalue weighted by Gasteiger charge is -2.22. The highest BCUT2D eigenvalue weighted by Gasteiger charge is 2.21. The van der Waals surface area contributed by atoms with Gasteiger partial charge in [0.15, 0.2) is 0 Å². The average molecular weight is 298 g/mol. The number of rotatable bonds is 7. The van der Waals surface area contributed by atoms with Crippen LogP contribution in [0.4, 0.5) is 0 Å². The predicted molar refractivity (Wildman–Crippen MR) is 91.6 cm³/mol. The van der Waals surface area contributed by atoms with Crippen LogP contribution in [0.15, 0.2) is 47.4 Å². The Labute approximate surface area is 131 Å². The summed E-state index contributed by atoms with van der Waals surface area (Å²) in [6.45, 7) is 5.00. The maximum Gasteiger partial charge on any atom is 0.104 e. The Hall–Kier alpha value is -1.50. The smallest absolute Gasteiger partial charge is 0.104 e. The lowest BCUT2D eigenvalue weighted by Crippen LogP contribution is -2.41. The normalized spacial score (nSPS) is 13.8. The Kier molecular flexibility index (Phi) is 5.67. The fourth-order valence-electron chi connectivity index (χ4n) is 2.21. The topological polar surface area (TPSA) is 35.8 Å². The number of nitriles is 1. The van der Waals surface area contributed by atoms with Crippen molar-refractivity contribution in [3.8, 4) is 6.07 Å². The zero-order valence-corrected chi connectivity index (χ0v) is 13.5. The standard InChI is InChI=1S/C18H22N2S/c1-3-11-20-18(2,14-19)10-12-21-17-9-8-15-6-4-5-7-16(15)13-17/h4-9,13,20H,3,10-12H2,1-2H3. The molecule has 2 rings (SSSR count). The van der Waals surface area contributed by atoms with E-state index in [4.69, 9.17) is 0 Å². The first-order chi connectivity index (χ1) is 10.2. The van der Waals surface area contributed by atoms with Crippen molar-refractivity contribution >= 4 is 22.5 Å². The van der Waals surface area contributed by atoms with E-state index in [1.54, 1.807) is 0 Å². The first-order valence-corrected chi connectivity index (χ1v) is 8.43. The molecule has 0 aliphatic rings. The molecule has 0 radical (unpaired) electrons. The van der Waals surface area contributed by atoms with Crippen molar-refractivity contribution in [1.29, 1.82) is 5.26 Å². The summed E-state index contributed by atoms with van der Waals surface area (Å²) < 4.78 is 0. The Morgan fingerprint density at radius 1 is 1.19 bits per heavy atom. The van der Waals surface area contributed by atoms with Crippen LogP contribution in [0.2, 0.25) is 0 Å². The van der Waals surface area contributed by atoms with Crippen LogP contribution in [0.25, 0.3) is 10.8 Å². The minimum atomic E-state index is -0.417. The van der Waals surface area contributed by atoms with E-state index < -0.39 is 5.54 Å². The maximum atomic E-state index is 9.33. The van der Waals surface area contributed by atoms with Crippen LogP contribution in [-0.4, -0.2) is 17.8 Å². The summed E-state index contributed by atoms with van der Waals surface area (Å²) in [5.74, 6) is 0.944. The van der Waals surface area contributed by atoms with Gasteiger partial charge in [-0.1, -0.05) is 37.3 Å². The van der Waals surface area contributed by atoms with Crippen molar-refractivity contribution in [2.45, 2.75) is 37.1 Å². The summed E-state index contributed by atoms with van der Waals surface area (Å²) >= 11 is 1.82. The van der Waals surface area contributed by atoms with Gasteiger partial charge >= 0.3 is 0 Å². The van der Waals surface area contributed by atoms with Gasteiger partial charge in [-0.3, -0.25) is 5.32 Å². The van der Waals surface area contributed by atoms with Gasteiger partial charge in [-0.2, -0.15) is 5.26 Å². The van der Waals surface area contributed by atoms with E-state index in [1.165, 1.54) is 15.7 Å². The molecule has 2 aromatic rings. The Bertz CT molecular complexity index is 632. The molecule has 21 heavy (non-hydrogen) atoms. The first kappa shape index (κ1) is 15.9. The van der Waals surface area contributed by atoms with E-state index in [2.05, 4.69) is 60.8 Å². The summed E-state index contributed by atoms with van der Waals surface area (Å²) in [6, 6.07) is 17.4. The first-order valence-electron chi connectivity index (χ1n) is 7.45. The summed E-state index contributed by atoms with van der Waals surface area (Å²) in [5.41, 5.74) is -0.417. The highest BCUT2D eigenvalue weighted by molar-refractivity contribution is 7.99. The second-order valence-corrected chi connectivity index (χ2v) is 6.65. The van der Waals surface area contributed by atoms with Crippen LogP contribution in [0.5, 0.6) is 0 Å². The molecule has 110 valence electrons. The predicted octanol–water partition coefficient (Wildman–Crippen LogP) is 4.60. The largest absolute Gasteiger partial charge is 0.300 e. The number of nitrogens with one attached hydrogen (secondary N) is 1. The monoisotopic (exact) mass is 298 g/mol. The van der Waals surface area contributed by atoms with Gasteiger partial charge in [0.1, 0.15) is 5.54 Å². The fourth-order valence-corrected chi connectivity index (χ4v) is 3.34. The van der Waals surface area contributed by atoms with Crippen molar-refractivity contribution < 1.29 is 0 Å². The van der Waals surface area contributed by atoms with Gasteiger partial charge in [0.25, 0.3) is 0 Å². The Morgan fingerprint density at radius 3 is 2.67 bits per heavy atom. The quantitative estimate of drug-likeness (QED) is 0.759. The molecule has 0 aliphatic heterocycles. The van der Waals surface area contributed by atoms with E-state index in [0.717, 1.165) is 25.1 Å². The average Bonchev–Trinajstić information content (AvgIpc) is 2.53. The minimum Gasteiger partial charge on any atom is -0.300 e. The Morgan fingerprint density at radius 2 is 1.95 bits per heavy atom. The second-order valence-electron chi connectivity index (χ2n) is 5.48. The van der Waals surface area contributed by atoms with Gasteiger partial charge in [0.2, 0.25) is 0 Å². The number of fused-ring (bicyclic) bond motifs is 1. The molecule has 0 spiro atoms. The van der Waals surface area contributed by atoms with E-state index in [9.17, 15) is 5.26 Å². The molecule has 1 unspecified atom stereocenters. The number of benzene rings is 2. The molecular formula is C18H22N2S. The van der Waals surface area contributed by atoms with Crippen molar-refractivity contribution in [2.75, 3.05) is 12.3 Å². The summed E-state index contributed by atoms with van der Waals surface area (Å²) in [4.78, 5) is 1.27. The van der Waals surface area contributed by atoms with Crippen molar-refractivity contribution in [1.82, 2.24) is 5.32 Å². The molecule has 0 saturated carbocycles. The molecule has 0 aliphatic carbocycles. The van der Waals surface area contributed by atoms with Crippen molar-refractivity contribution in [2.24, 2.45) is 0 Å². The minimum absolute atomic E-state index is 0.417. The van der Waals surface area contributed by atoms with Gasteiger partial charge in [-0.25, -0.2) is 0 Å². The molecule has 0 amide bonds. The number of hydrogen-bond acceptors (Lipinski definition) is 3. The third kappa shape index (κ3) is 4.49. The van der Waals surface area contributed by atoms with Crippen LogP contribution >= 0.6 is 11.8 Å². The van der Waals surface area contributed by atoms with E-state index in [-0.39, 0.29) is 0 Å². The third-order valence-corrected chi connectivity index (χ3v) is 4.60. The van der Waals surface area contributed by atoms with Gasteiger partial charge in [0, 0.05) is 10.6 Å². The second kappa shape index (κ2) is 7.49. The number of thioether (sulfide) groups is 1. The molecule has 0 aromatic heterocycles.